The highest BCUT2D eigenvalue weighted by Gasteiger charge is 2.23. The van der Waals surface area contributed by atoms with Crippen molar-refractivity contribution in [3.63, 3.8) is 0 Å². The molecular formula is C24H25F2N5O2. The van der Waals surface area contributed by atoms with E-state index in [4.69, 9.17) is 0 Å². The van der Waals surface area contributed by atoms with Crippen LogP contribution in [0.25, 0.3) is 5.69 Å². The molecule has 2 amide bonds. The lowest BCUT2D eigenvalue weighted by atomic mass is 10.1. The first-order valence-electron chi connectivity index (χ1n) is 10.7. The van der Waals surface area contributed by atoms with Gasteiger partial charge in [-0.1, -0.05) is 12.1 Å². The fraction of sp³-hybridized carbons (Fsp3) is 0.292. The zero-order valence-electron chi connectivity index (χ0n) is 18.3. The summed E-state index contributed by atoms with van der Waals surface area (Å²) in [4.78, 5) is 28.9. The zero-order chi connectivity index (χ0) is 23.4. The molecule has 1 aromatic heterocycles. The van der Waals surface area contributed by atoms with Crippen LogP contribution in [-0.2, 0) is 16.0 Å². The molecule has 0 spiro atoms. The van der Waals surface area contributed by atoms with Gasteiger partial charge in [-0.2, -0.15) is 5.10 Å². The van der Waals surface area contributed by atoms with E-state index in [0.717, 1.165) is 11.3 Å². The number of aromatic nitrogens is 2. The summed E-state index contributed by atoms with van der Waals surface area (Å²) in [7, 11) is 0. The van der Waals surface area contributed by atoms with Crippen LogP contribution >= 0.6 is 0 Å². The van der Waals surface area contributed by atoms with Gasteiger partial charge in [0.1, 0.15) is 17.5 Å². The van der Waals surface area contributed by atoms with Crippen molar-refractivity contribution in [2.45, 2.75) is 13.3 Å². The highest BCUT2D eigenvalue weighted by molar-refractivity contribution is 5.91. The molecule has 2 aromatic carbocycles. The van der Waals surface area contributed by atoms with Crippen molar-refractivity contribution < 1.29 is 18.4 Å². The zero-order valence-corrected chi connectivity index (χ0v) is 18.3. The molecule has 0 unspecified atom stereocenters. The number of rotatable bonds is 6. The number of amides is 2. The Balaban J connectivity index is 1.29. The summed E-state index contributed by atoms with van der Waals surface area (Å²) >= 11 is 0. The molecule has 33 heavy (non-hydrogen) atoms. The standard InChI is InChI=1S/C24H25F2N5O2/c1-17-14-22(31(28-17)21-8-6-20(26)7-9-21)27-23(32)16-29-10-12-30(13-11-29)24(33)15-18-2-4-19(25)5-3-18/h2-9,14H,10-13,15-16H2,1H3,(H,27,32). The maximum Gasteiger partial charge on any atom is 0.239 e. The van der Waals surface area contributed by atoms with Crippen LogP contribution in [0.15, 0.2) is 54.6 Å². The van der Waals surface area contributed by atoms with Gasteiger partial charge in [0.2, 0.25) is 11.8 Å². The van der Waals surface area contributed by atoms with Gasteiger partial charge in [-0.25, -0.2) is 13.5 Å². The molecule has 3 aromatic rings. The molecule has 1 aliphatic heterocycles. The van der Waals surface area contributed by atoms with E-state index in [0.29, 0.717) is 37.7 Å². The topological polar surface area (TPSA) is 70.5 Å². The second-order valence-corrected chi connectivity index (χ2v) is 8.07. The van der Waals surface area contributed by atoms with E-state index in [1.165, 1.54) is 24.3 Å². The lowest BCUT2D eigenvalue weighted by molar-refractivity contribution is -0.132. The Morgan fingerprint density at radius 2 is 1.55 bits per heavy atom. The Hall–Kier alpha value is -3.59. The van der Waals surface area contributed by atoms with Crippen molar-refractivity contribution in [2.24, 2.45) is 0 Å². The minimum absolute atomic E-state index is 0.00983. The minimum Gasteiger partial charge on any atom is -0.340 e. The molecule has 0 saturated carbocycles. The average molecular weight is 453 g/mol. The molecule has 7 nitrogen and oxygen atoms in total. The SMILES string of the molecule is Cc1cc(NC(=O)CN2CCN(C(=O)Cc3ccc(F)cc3)CC2)n(-c2ccc(F)cc2)n1. The molecule has 4 rings (SSSR count). The largest absolute Gasteiger partial charge is 0.340 e. The first kappa shape index (κ1) is 22.6. The van der Waals surface area contributed by atoms with E-state index in [2.05, 4.69) is 10.4 Å². The van der Waals surface area contributed by atoms with Gasteiger partial charge < -0.3 is 10.2 Å². The predicted octanol–water partition coefficient (Wildman–Crippen LogP) is 2.78. The summed E-state index contributed by atoms with van der Waals surface area (Å²) in [5, 5.41) is 7.26. The number of hydrogen-bond donors (Lipinski definition) is 1. The number of carbonyl (C=O) groups excluding carboxylic acids is 2. The molecule has 1 aliphatic rings. The quantitative estimate of drug-likeness (QED) is 0.623. The van der Waals surface area contributed by atoms with Crippen molar-refractivity contribution in [3.8, 4) is 5.69 Å². The molecule has 0 aliphatic carbocycles. The Kier molecular flexibility index (Phi) is 6.79. The van der Waals surface area contributed by atoms with Gasteiger partial charge in [0.05, 0.1) is 24.3 Å². The molecule has 0 radical (unpaired) electrons. The fourth-order valence-corrected chi connectivity index (χ4v) is 3.80. The van der Waals surface area contributed by atoms with E-state index in [1.54, 1.807) is 39.9 Å². The molecular weight excluding hydrogens is 428 g/mol. The first-order valence-corrected chi connectivity index (χ1v) is 10.7. The highest BCUT2D eigenvalue weighted by atomic mass is 19.1. The van der Waals surface area contributed by atoms with E-state index >= 15 is 0 Å². The van der Waals surface area contributed by atoms with Crippen LogP contribution in [0.5, 0.6) is 0 Å². The third-order valence-electron chi connectivity index (χ3n) is 5.53. The number of halogens is 2. The highest BCUT2D eigenvalue weighted by Crippen LogP contribution is 2.18. The van der Waals surface area contributed by atoms with Gasteiger partial charge in [-0.3, -0.25) is 14.5 Å². The maximum atomic E-state index is 13.2. The summed E-state index contributed by atoms with van der Waals surface area (Å²) in [5.74, 6) is -0.358. The van der Waals surface area contributed by atoms with Crippen LogP contribution < -0.4 is 5.32 Å². The maximum absolute atomic E-state index is 13.2. The predicted molar refractivity (Wildman–Crippen MR) is 120 cm³/mol. The monoisotopic (exact) mass is 453 g/mol. The Labute approximate surface area is 190 Å². The number of anilines is 1. The third-order valence-corrected chi connectivity index (χ3v) is 5.53. The normalized spacial score (nSPS) is 14.3. The van der Waals surface area contributed by atoms with E-state index in [9.17, 15) is 18.4 Å². The Morgan fingerprint density at radius 1 is 0.939 bits per heavy atom. The third kappa shape index (κ3) is 5.81. The summed E-state index contributed by atoms with van der Waals surface area (Å²) in [6, 6.07) is 13.6. The van der Waals surface area contributed by atoms with Crippen LogP contribution in [0.3, 0.4) is 0 Å². The molecule has 1 N–H and O–H groups in total. The minimum atomic E-state index is -0.344. The van der Waals surface area contributed by atoms with Gasteiger partial charge in [0.25, 0.3) is 0 Å². The Bertz CT molecular complexity index is 1120. The fourth-order valence-electron chi connectivity index (χ4n) is 3.80. The summed E-state index contributed by atoms with van der Waals surface area (Å²) in [6.07, 6.45) is 0.230. The van der Waals surface area contributed by atoms with Crippen molar-refractivity contribution in [2.75, 3.05) is 38.0 Å². The number of aryl methyl sites for hydroxylation is 1. The molecule has 0 bridgehead atoms. The van der Waals surface area contributed by atoms with E-state index < -0.39 is 0 Å². The van der Waals surface area contributed by atoms with Gasteiger partial charge >= 0.3 is 0 Å². The second-order valence-electron chi connectivity index (χ2n) is 8.07. The lowest BCUT2D eigenvalue weighted by Gasteiger charge is -2.34. The van der Waals surface area contributed by atoms with Crippen LogP contribution in [-0.4, -0.2) is 64.1 Å². The van der Waals surface area contributed by atoms with Gasteiger partial charge in [0.15, 0.2) is 0 Å². The number of carbonyl (C=O) groups is 2. The molecule has 1 saturated heterocycles. The van der Waals surface area contributed by atoms with Crippen LogP contribution in [0.4, 0.5) is 14.6 Å². The molecule has 2 heterocycles. The summed E-state index contributed by atoms with van der Waals surface area (Å²) < 4.78 is 27.8. The molecule has 1 fully saturated rings. The van der Waals surface area contributed by atoms with Crippen molar-refractivity contribution in [3.05, 3.63) is 77.5 Å². The first-order chi connectivity index (χ1) is 15.9. The molecule has 9 heteroatoms. The van der Waals surface area contributed by atoms with Crippen molar-refractivity contribution in [1.82, 2.24) is 19.6 Å². The van der Waals surface area contributed by atoms with Crippen LogP contribution in [0.2, 0.25) is 0 Å². The molecule has 0 atom stereocenters. The van der Waals surface area contributed by atoms with E-state index in [1.807, 2.05) is 11.8 Å². The second kappa shape index (κ2) is 9.91. The number of nitrogens with one attached hydrogen (secondary N) is 1. The van der Waals surface area contributed by atoms with Crippen LogP contribution in [0, 0.1) is 18.6 Å². The van der Waals surface area contributed by atoms with Crippen LogP contribution in [0.1, 0.15) is 11.3 Å². The number of hydrogen-bond acceptors (Lipinski definition) is 4. The number of benzene rings is 2. The van der Waals surface area contributed by atoms with Gasteiger partial charge in [-0.05, 0) is 48.9 Å². The molecule has 172 valence electrons. The smallest absolute Gasteiger partial charge is 0.239 e. The number of piperazine rings is 1. The van der Waals surface area contributed by atoms with Crippen molar-refractivity contribution >= 4 is 17.6 Å². The van der Waals surface area contributed by atoms with E-state index in [-0.39, 0.29) is 36.4 Å². The summed E-state index contributed by atoms with van der Waals surface area (Å²) in [5.41, 5.74) is 2.15. The average Bonchev–Trinajstić information content (AvgIpc) is 3.16. The Morgan fingerprint density at radius 3 is 2.18 bits per heavy atom. The van der Waals surface area contributed by atoms with Crippen molar-refractivity contribution in [1.29, 1.82) is 0 Å². The van der Waals surface area contributed by atoms with Gasteiger partial charge in [0, 0.05) is 32.2 Å². The summed E-state index contributed by atoms with van der Waals surface area (Å²) in [6.45, 7) is 4.23. The number of nitrogens with zero attached hydrogens (tertiary/aromatic N) is 4. The van der Waals surface area contributed by atoms with Gasteiger partial charge in [-0.15, -0.1) is 0 Å². The lowest BCUT2D eigenvalue weighted by Crippen LogP contribution is -2.50.